The van der Waals surface area contributed by atoms with Gasteiger partial charge >= 0.3 is 41.8 Å². The lowest BCUT2D eigenvalue weighted by molar-refractivity contribution is -0.428. The third-order valence-corrected chi connectivity index (χ3v) is 3.58. The highest BCUT2D eigenvalue weighted by molar-refractivity contribution is 5.12. The quantitative estimate of drug-likeness (QED) is 0.229. The molecular formula is C12H11F16N. The van der Waals surface area contributed by atoms with Crippen LogP contribution in [0.2, 0.25) is 0 Å². The predicted octanol–water partition coefficient (Wildman–Crippen LogP) is 6.18. The first-order valence-corrected chi connectivity index (χ1v) is 7.14. The Labute approximate surface area is 151 Å². The average Bonchev–Trinajstić information content (AvgIpc) is 2.48. The highest BCUT2D eigenvalue weighted by Gasteiger charge is 2.90. The first-order chi connectivity index (χ1) is 12.4. The van der Waals surface area contributed by atoms with Gasteiger partial charge in [-0.05, 0) is 19.3 Å². The molecule has 0 saturated carbocycles. The van der Waals surface area contributed by atoms with Gasteiger partial charge in [0.1, 0.15) is 0 Å². The van der Waals surface area contributed by atoms with Crippen LogP contribution in [0.15, 0.2) is 0 Å². The minimum absolute atomic E-state index is 1.16. The molecule has 0 heterocycles. The number of rotatable bonds is 10. The lowest BCUT2D eigenvalue weighted by Crippen LogP contribution is -2.73. The summed E-state index contributed by atoms with van der Waals surface area (Å²) >= 11 is 0. The summed E-state index contributed by atoms with van der Waals surface area (Å²) in [5, 5.41) is 0. The van der Waals surface area contributed by atoms with Gasteiger partial charge in [-0.2, -0.15) is 65.9 Å². The third-order valence-electron chi connectivity index (χ3n) is 3.58. The molecule has 29 heavy (non-hydrogen) atoms. The lowest BCUT2D eigenvalue weighted by atomic mass is 9.90. The molecule has 0 saturated heterocycles. The van der Waals surface area contributed by atoms with Crippen LogP contribution >= 0.6 is 0 Å². The van der Waals surface area contributed by atoms with Gasteiger partial charge in [-0.15, -0.1) is 0 Å². The molecular weight excluding hydrogens is 462 g/mol. The van der Waals surface area contributed by atoms with E-state index in [1.807, 2.05) is 0 Å². The number of unbranched alkanes of at least 4 members (excludes halogenated alkanes) is 1. The maximum atomic E-state index is 13.3. The molecule has 17 heteroatoms. The van der Waals surface area contributed by atoms with Gasteiger partial charge in [-0.25, -0.2) is 4.39 Å². The highest BCUT2D eigenvalue weighted by Crippen LogP contribution is 2.60. The summed E-state index contributed by atoms with van der Waals surface area (Å²) < 4.78 is 205. The van der Waals surface area contributed by atoms with Gasteiger partial charge in [0.2, 0.25) is 0 Å². The molecule has 1 unspecified atom stereocenters. The lowest BCUT2D eigenvalue weighted by Gasteiger charge is -2.41. The summed E-state index contributed by atoms with van der Waals surface area (Å²) in [6, 6.07) is -6.59. The molecule has 0 bridgehead atoms. The van der Waals surface area contributed by atoms with E-state index in [0.717, 1.165) is 0 Å². The van der Waals surface area contributed by atoms with E-state index in [-0.39, 0.29) is 0 Å². The van der Waals surface area contributed by atoms with Crippen LogP contribution in [0.3, 0.4) is 0 Å². The van der Waals surface area contributed by atoms with Crippen molar-refractivity contribution in [1.29, 1.82) is 0 Å². The van der Waals surface area contributed by atoms with E-state index in [9.17, 15) is 70.2 Å². The maximum Gasteiger partial charge on any atom is 0.392 e. The zero-order valence-electron chi connectivity index (χ0n) is 13.5. The molecule has 0 aromatic heterocycles. The fraction of sp³-hybridized carbons (Fsp3) is 1.00. The van der Waals surface area contributed by atoms with Gasteiger partial charge in [-0.3, -0.25) is 5.73 Å². The van der Waals surface area contributed by atoms with E-state index in [2.05, 4.69) is 5.73 Å². The fourth-order valence-electron chi connectivity index (χ4n) is 1.84. The Balaban J connectivity index is 5.75. The zero-order valence-corrected chi connectivity index (χ0v) is 13.5. The summed E-state index contributed by atoms with van der Waals surface area (Å²) in [6.45, 7) is 0. The minimum Gasteiger partial charge on any atom is -0.267 e. The van der Waals surface area contributed by atoms with Crippen LogP contribution < -0.4 is 5.73 Å². The van der Waals surface area contributed by atoms with Crippen LogP contribution in [0.1, 0.15) is 25.7 Å². The second kappa shape index (κ2) is 7.83. The summed E-state index contributed by atoms with van der Waals surface area (Å²) in [4.78, 5) is 0. The van der Waals surface area contributed by atoms with E-state index in [0.29, 0.717) is 0 Å². The normalized spacial score (nSPS) is 16.9. The van der Waals surface area contributed by atoms with E-state index in [1.165, 1.54) is 0 Å². The van der Waals surface area contributed by atoms with Gasteiger partial charge in [0.05, 0.1) is 0 Å². The summed E-state index contributed by atoms with van der Waals surface area (Å²) in [5.74, 6) is -37.9. The molecule has 0 aliphatic heterocycles. The number of alkyl halides is 16. The largest absolute Gasteiger partial charge is 0.392 e. The van der Waals surface area contributed by atoms with Crippen molar-refractivity contribution < 1.29 is 70.2 Å². The van der Waals surface area contributed by atoms with Crippen molar-refractivity contribution in [2.75, 3.05) is 0 Å². The molecule has 0 fully saturated rings. The van der Waals surface area contributed by atoms with Crippen LogP contribution in [-0.2, 0) is 0 Å². The highest BCUT2D eigenvalue weighted by atomic mass is 19.4. The van der Waals surface area contributed by atoms with Crippen molar-refractivity contribution >= 4 is 0 Å². The maximum absolute atomic E-state index is 13.3. The molecule has 0 rings (SSSR count). The van der Waals surface area contributed by atoms with Crippen molar-refractivity contribution in [3.63, 3.8) is 0 Å². The first-order valence-electron chi connectivity index (χ1n) is 7.14. The van der Waals surface area contributed by atoms with Gasteiger partial charge in [0, 0.05) is 6.42 Å². The van der Waals surface area contributed by atoms with Crippen LogP contribution in [0, 0.1) is 0 Å². The van der Waals surface area contributed by atoms with Crippen LogP contribution in [0.25, 0.3) is 0 Å². The Bertz CT molecular complexity index is 545. The summed E-state index contributed by atoms with van der Waals surface area (Å²) in [5.41, 5.74) is 3.23. The predicted molar refractivity (Wildman–Crippen MR) is 63.3 cm³/mol. The summed E-state index contributed by atoms with van der Waals surface area (Å²) in [7, 11) is 0. The minimum atomic E-state index is -7.97. The van der Waals surface area contributed by atoms with Crippen LogP contribution in [0.4, 0.5) is 70.2 Å². The Morgan fingerprint density at radius 1 is 0.552 bits per heavy atom. The Kier molecular flexibility index (Phi) is 7.52. The smallest absolute Gasteiger partial charge is 0.267 e. The molecule has 2 N–H and O–H groups in total. The molecule has 0 aliphatic rings. The number of hydrogen-bond donors (Lipinski definition) is 1. The first kappa shape index (κ1) is 27.8. The number of halogens is 16. The van der Waals surface area contributed by atoms with Crippen molar-refractivity contribution in [3.8, 4) is 0 Å². The van der Waals surface area contributed by atoms with E-state index in [4.69, 9.17) is 0 Å². The number of hydrogen-bond acceptors (Lipinski definition) is 1. The van der Waals surface area contributed by atoms with Crippen molar-refractivity contribution in [2.45, 2.75) is 73.7 Å². The molecule has 0 spiro atoms. The van der Waals surface area contributed by atoms with Crippen molar-refractivity contribution in [1.82, 2.24) is 0 Å². The van der Waals surface area contributed by atoms with Crippen molar-refractivity contribution in [3.05, 3.63) is 0 Å². The van der Waals surface area contributed by atoms with Gasteiger partial charge in [0.25, 0.3) is 0 Å². The molecule has 0 amide bonds. The molecule has 0 aromatic carbocycles. The van der Waals surface area contributed by atoms with E-state index < -0.39 is 73.7 Å². The SMILES string of the molecule is NC(F)(F)C(F)(F)C(F)(F)C(F)(F)C(F)(F)C(F)(F)C(F)CCCCC(F)(F)F. The molecule has 1 atom stereocenters. The van der Waals surface area contributed by atoms with Crippen LogP contribution in [0.5, 0.6) is 0 Å². The van der Waals surface area contributed by atoms with Crippen molar-refractivity contribution in [2.24, 2.45) is 5.73 Å². The monoisotopic (exact) mass is 473 g/mol. The second-order valence-electron chi connectivity index (χ2n) is 5.87. The molecule has 0 aromatic rings. The van der Waals surface area contributed by atoms with Gasteiger partial charge in [0.15, 0.2) is 6.17 Å². The Morgan fingerprint density at radius 2 is 0.931 bits per heavy atom. The molecule has 0 aliphatic carbocycles. The fourth-order valence-corrected chi connectivity index (χ4v) is 1.84. The molecule has 176 valence electrons. The van der Waals surface area contributed by atoms with E-state index >= 15 is 0 Å². The standard InChI is InChI=1S/C12H11F16N/c13-5(3-1-2-4-6(14,15)16)7(17,18)8(19,20)9(21,22)10(23,24)11(25,26)12(27,28)29/h5H,1-4,29H2. The van der Waals surface area contributed by atoms with Gasteiger partial charge in [-0.1, -0.05) is 0 Å². The zero-order chi connectivity index (χ0) is 23.9. The Morgan fingerprint density at radius 3 is 1.28 bits per heavy atom. The third kappa shape index (κ3) is 4.95. The van der Waals surface area contributed by atoms with Crippen LogP contribution in [-0.4, -0.2) is 48.0 Å². The van der Waals surface area contributed by atoms with E-state index in [1.54, 1.807) is 0 Å². The molecule has 0 radical (unpaired) electrons. The number of nitrogens with two attached hydrogens (primary N) is 1. The molecule has 1 nitrogen and oxygen atoms in total. The van der Waals surface area contributed by atoms with Gasteiger partial charge < -0.3 is 0 Å². The average molecular weight is 473 g/mol. The Hall–Kier alpha value is -1.16. The summed E-state index contributed by atoms with van der Waals surface area (Å²) in [6.07, 6.45) is -15.6. The topological polar surface area (TPSA) is 26.0 Å². The second-order valence-corrected chi connectivity index (χ2v) is 5.87.